The van der Waals surface area contributed by atoms with Crippen molar-refractivity contribution in [1.29, 1.82) is 0 Å². The van der Waals surface area contributed by atoms with Gasteiger partial charge in [0.25, 0.3) is 0 Å². The highest BCUT2D eigenvalue weighted by atomic mass is 32.2. The van der Waals surface area contributed by atoms with Crippen molar-refractivity contribution in [2.45, 2.75) is 22.9 Å². The van der Waals surface area contributed by atoms with Gasteiger partial charge in [-0.15, -0.1) is 16.2 Å². The fraction of sp³-hybridized carbons (Fsp3) is 0.400. The number of thiazole rings is 1. The van der Waals surface area contributed by atoms with Crippen molar-refractivity contribution in [2.75, 3.05) is 24.9 Å². The molecule has 9 nitrogen and oxygen atoms in total. The molecule has 1 amide bonds. The van der Waals surface area contributed by atoms with Crippen molar-refractivity contribution in [3.63, 3.8) is 0 Å². The second kappa shape index (κ2) is 8.43. The third kappa shape index (κ3) is 4.48. The van der Waals surface area contributed by atoms with Crippen molar-refractivity contribution < 1.29 is 19.1 Å². The van der Waals surface area contributed by atoms with Gasteiger partial charge in [0.2, 0.25) is 5.91 Å². The number of nitrogens with one attached hydrogen (secondary N) is 2. The lowest BCUT2D eigenvalue weighted by Crippen LogP contribution is -2.36. The van der Waals surface area contributed by atoms with Crippen LogP contribution in [-0.2, 0) is 19.1 Å². The van der Waals surface area contributed by atoms with E-state index in [1.54, 1.807) is 18.2 Å². The number of fused-ring (bicyclic) bond motifs is 1. The van der Waals surface area contributed by atoms with Crippen LogP contribution >= 0.6 is 23.1 Å². The highest BCUT2D eigenvalue weighted by Gasteiger charge is 2.32. The van der Waals surface area contributed by atoms with Gasteiger partial charge in [-0.1, -0.05) is 11.8 Å². The molecule has 0 unspecified atom stereocenters. The fourth-order valence-corrected chi connectivity index (χ4v) is 4.43. The second-order valence-electron chi connectivity index (χ2n) is 5.50. The Hall–Kier alpha value is -2.24. The van der Waals surface area contributed by atoms with E-state index in [0.717, 1.165) is 14.6 Å². The third-order valence-electron chi connectivity index (χ3n) is 3.70. The Labute approximate surface area is 156 Å². The standard InChI is InChI=1S/C15H16N4O5S2/c1-23-14(21)11-4-9(6-24-11)16-13(20)7-25-15-17-10-3-2-8(18-19-22)5-12(10)26-15/h2-3,5,9,11H,4,6-7H2,1H3,(H,16,20)(H,18,22)/t9-,11-/m0/s1. The Morgan fingerprint density at radius 2 is 2.35 bits per heavy atom. The summed E-state index contributed by atoms with van der Waals surface area (Å²) in [6.45, 7) is 0.290. The molecule has 26 heavy (non-hydrogen) atoms. The Balaban J connectivity index is 1.51. The van der Waals surface area contributed by atoms with Gasteiger partial charge in [-0.05, 0) is 18.2 Å². The topological polar surface area (TPSA) is 119 Å². The summed E-state index contributed by atoms with van der Waals surface area (Å²) in [5.74, 6) is -0.370. The van der Waals surface area contributed by atoms with Gasteiger partial charge >= 0.3 is 5.97 Å². The molecule has 2 atom stereocenters. The SMILES string of the molecule is COC(=O)[C@@H]1C[C@H](NC(=O)CSc2nc3ccc(NN=O)cc3s2)CO1. The molecule has 2 heterocycles. The van der Waals surface area contributed by atoms with E-state index >= 15 is 0 Å². The van der Waals surface area contributed by atoms with Gasteiger partial charge in [0.15, 0.2) is 10.4 Å². The highest BCUT2D eigenvalue weighted by molar-refractivity contribution is 8.01. The number of methoxy groups -OCH3 is 1. The Bertz CT molecular complexity index is 827. The minimum Gasteiger partial charge on any atom is -0.467 e. The van der Waals surface area contributed by atoms with Crippen LogP contribution in [0, 0.1) is 4.91 Å². The first-order valence-electron chi connectivity index (χ1n) is 7.69. The van der Waals surface area contributed by atoms with Crippen molar-refractivity contribution >= 4 is 50.9 Å². The van der Waals surface area contributed by atoms with E-state index in [9.17, 15) is 14.5 Å². The summed E-state index contributed by atoms with van der Waals surface area (Å²) in [7, 11) is 1.31. The zero-order valence-corrected chi connectivity index (χ0v) is 15.4. The molecule has 1 aliphatic heterocycles. The quantitative estimate of drug-likeness (QED) is 0.315. The molecule has 138 valence electrons. The molecule has 1 aliphatic rings. The zero-order valence-electron chi connectivity index (χ0n) is 13.8. The van der Waals surface area contributed by atoms with Crippen LogP contribution in [0.2, 0.25) is 0 Å². The maximum absolute atomic E-state index is 12.1. The number of rotatable bonds is 7. The van der Waals surface area contributed by atoms with Gasteiger partial charge in [0.1, 0.15) is 0 Å². The number of aromatic nitrogens is 1. The molecule has 0 radical (unpaired) electrons. The van der Waals surface area contributed by atoms with Crippen LogP contribution in [0.3, 0.4) is 0 Å². The first-order chi connectivity index (χ1) is 12.6. The number of benzene rings is 1. The Morgan fingerprint density at radius 1 is 1.50 bits per heavy atom. The molecule has 0 aliphatic carbocycles. The van der Waals surface area contributed by atoms with E-state index in [-0.39, 0.29) is 24.3 Å². The summed E-state index contributed by atoms with van der Waals surface area (Å²) in [4.78, 5) is 38.2. The van der Waals surface area contributed by atoms with E-state index < -0.39 is 12.1 Å². The normalized spacial score (nSPS) is 19.3. The fourth-order valence-electron chi connectivity index (χ4n) is 2.51. The summed E-state index contributed by atoms with van der Waals surface area (Å²) in [5, 5.41) is 5.48. The Kier molecular flexibility index (Phi) is 6.01. The average Bonchev–Trinajstić information content (AvgIpc) is 3.25. The number of ether oxygens (including phenoxy) is 2. The number of carbonyl (C=O) groups excluding carboxylic acids is 2. The van der Waals surface area contributed by atoms with E-state index in [2.05, 4.69) is 25.7 Å². The Morgan fingerprint density at radius 3 is 3.12 bits per heavy atom. The monoisotopic (exact) mass is 396 g/mol. The molecule has 1 saturated heterocycles. The maximum atomic E-state index is 12.1. The molecule has 0 bridgehead atoms. The molecule has 3 rings (SSSR count). The number of hydrogen-bond donors (Lipinski definition) is 2. The lowest BCUT2D eigenvalue weighted by atomic mass is 10.2. The molecule has 2 aromatic rings. The predicted octanol–water partition coefficient (Wildman–Crippen LogP) is 1.93. The van der Waals surface area contributed by atoms with Crippen LogP contribution in [0.5, 0.6) is 0 Å². The lowest BCUT2D eigenvalue weighted by Gasteiger charge is -2.10. The summed E-state index contributed by atoms with van der Waals surface area (Å²) < 4.78 is 11.6. The molecule has 2 N–H and O–H groups in total. The molecular weight excluding hydrogens is 380 g/mol. The van der Waals surface area contributed by atoms with Crippen molar-refractivity contribution in [1.82, 2.24) is 10.3 Å². The number of hydrogen-bond acceptors (Lipinski definition) is 9. The van der Waals surface area contributed by atoms with Gasteiger partial charge in [0.05, 0.1) is 46.7 Å². The van der Waals surface area contributed by atoms with E-state index in [0.29, 0.717) is 12.1 Å². The van der Waals surface area contributed by atoms with Crippen molar-refractivity contribution in [2.24, 2.45) is 5.29 Å². The average molecular weight is 396 g/mol. The first kappa shape index (κ1) is 18.5. The zero-order chi connectivity index (χ0) is 18.5. The molecule has 11 heteroatoms. The maximum Gasteiger partial charge on any atom is 0.335 e. The number of nitrogens with zero attached hydrogens (tertiary/aromatic N) is 2. The largest absolute Gasteiger partial charge is 0.467 e. The van der Waals surface area contributed by atoms with E-state index in [1.807, 2.05) is 0 Å². The molecule has 1 aromatic heterocycles. The minimum absolute atomic E-state index is 0.152. The number of nitroso groups, excluding NO2 is 1. The molecule has 1 aromatic carbocycles. The van der Waals surface area contributed by atoms with E-state index in [4.69, 9.17) is 4.74 Å². The second-order valence-corrected chi connectivity index (χ2v) is 7.75. The van der Waals surface area contributed by atoms with Gasteiger partial charge in [0, 0.05) is 6.42 Å². The summed E-state index contributed by atoms with van der Waals surface area (Å²) in [6, 6.07) is 5.07. The first-order valence-corrected chi connectivity index (χ1v) is 9.50. The van der Waals surface area contributed by atoms with Crippen LogP contribution in [0.15, 0.2) is 27.8 Å². The van der Waals surface area contributed by atoms with Crippen LogP contribution in [0.1, 0.15) is 6.42 Å². The van der Waals surface area contributed by atoms with Crippen LogP contribution < -0.4 is 10.7 Å². The number of esters is 1. The number of amides is 1. The minimum atomic E-state index is -0.620. The number of carbonyl (C=O) groups is 2. The molecule has 0 spiro atoms. The number of thioether (sulfide) groups is 1. The highest BCUT2D eigenvalue weighted by Crippen LogP contribution is 2.31. The third-order valence-corrected chi connectivity index (χ3v) is 5.86. The molecular formula is C15H16N4O5S2. The number of anilines is 1. The smallest absolute Gasteiger partial charge is 0.335 e. The van der Waals surface area contributed by atoms with E-state index in [1.165, 1.54) is 30.2 Å². The van der Waals surface area contributed by atoms with Crippen molar-refractivity contribution in [3.8, 4) is 0 Å². The molecule has 1 fully saturated rings. The van der Waals surface area contributed by atoms with Gasteiger partial charge in [-0.25, -0.2) is 15.2 Å². The summed E-state index contributed by atoms with van der Waals surface area (Å²) >= 11 is 2.76. The summed E-state index contributed by atoms with van der Waals surface area (Å²) in [6.07, 6.45) is -0.212. The van der Waals surface area contributed by atoms with Gasteiger partial charge in [-0.3, -0.25) is 4.79 Å². The van der Waals surface area contributed by atoms with Crippen LogP contribution in [-0.4, -0.2) is 48.5 Å². The van der Waals surface area contributed by atoms with Crippen molar-refractivity contribution in [3.05, 3.63) is 23.1 Å². The van der Waals surface area contributed by atoms with Gasteiger partial charge in [-0.2, -0.15) is 0 Å². The van der Waals surface area contributed by atoms with Gasteiger partial charge < -0.3 is 14.8 Å². The van der Waals surface area contributed by atoms with Crippen LogP contribution in [0.4, 0.5) is 5.69 Å². The van der Waals surface area contributed by atoms with Crippen LogP contribution in [0.25, 0.3) is 10.2 Å². The summed E-state index contributed by atoms with van der Waals surface area (Å²) in [5.41, 5.74) is 3.73. The predicted molar refractivity (Wildman–Crippen MR) is 98.1 cm³/mol. The lowest BCUT2D eigenvalue weighted by molar-refractivity contribution is -0.151. The molecule has 0 saturated carbocycles.